The Hall–Kier alpha value is 1.20. The summed E-state index contributed by atoms with van der Waals surface area (Å²) in [5.74, 6) is 0. The molecule has 1 N–H and O–H groups in total. The van der Waals surface area contributed by atoms with Crippen molar-refractivity contribution in [2.45, 2.75) is 0 Å². The van der Waals surface area contributed by atoms with E-state index in [9.17, 15) is 0 Å². The van der Waals surface area contributed by atoms with Gasteiger partial charge in [0, 0.05) is 10.9 Å². The molecule has 0 aliphatic rings. The van der Waals surface area contributed by atoms with Crippen molar-refractivity contribution in [3.05, 3.63) is 0 Å². The van der Waals surface area contributed by atoms with Crippen LogP contribution in [0.4, 0.5) is 0 Å². The summed E-state index contributed by atoms with van der Waals surface area (Å²) in [5.41, 5.74) is 0. The van der Waals surface area contributed by atoms with Crippen LogP contribution in [0.5, 0.6) is 0 Å². The van der Waals surface area contributed by atoms with Crippen LogP contribution in [0, 0.1) is 0 Å². The molecule has 0 aliphatic heterocycles. The van der Waals surface area contributed by atoms with E-state index in [1.54, 1.807) is 0 Å². The molecule has 0 spiro atoms. The second-order valence-electron chi connectivity index (χ2n) is 0.312. The fourth-order valence-corrected chi connectivity index (χ4v) is 0. The van der Waals surface area contributed by atoms with Crippen molar-refractivity contribution in [3.63, 3.8) is 0 Å². The van der Waals surface area contributed by atoms with E-state index < -0.39 is 10.9 Å². The van der Waals surface area contributed by atoms with E-state index >= 15 is 0 Å². The van der Waals surface area contributed by atoms with Crippen LogP contribution in [0.25, 0.3) is 0 Å². The van der Waals surface area contributed by atoms with Crippen LogP contribution in [0.2, 0.25) is 0 Å². The van der Waals surface area contributed by atoms with Crippen molar-refractivity contribution in [2.75, 3.05) is 0 Å². The number of hydrogen-bond acceptors (Lipinski definition) is 3. The molecule has 0 saturated carbocycles. The molecule has 0 radical (unpaired) electrons. The van der Waals surface area contributed by atoms with Gasteiger partial charge in [-0.25, -0.2) is 0 Å². The molecular formula is HClNNaO2S. The maximum atomic E-state index is 9.12. The Balaban J connectivity index is 0. The van der Waals surface area contributed by atoms with Gasteiger partial charge < -0.3 is 8.42 Å². The second-order valence-corrected chi connectivity index (χ2v) is 1.40. The van der Waals surface area contributed by atoms with E-state index in [1.807, 2.05) is 0 Å². The summed E-state index contributed by atoms with van der Waals surface area (Å²) in [5, 5.41) is 0. The summed E-state index contributed by atoms with van der Waals surface area (Å²) in [6.07, 6.45) is 0. The predicted octanol–water partition coefficient (Wildman–Crippen LogP) is -3.04. The van der Waals surface area contributed by atoms with Crippen LogP contribution in [-0.4, -0.2) is 0 Å². The molecule has 6 heteroatoms. The maximum Gasteiger partial charge on any atom is 1.00 e. The monoisotopic (exact) mass is 137 g/mol. The molecule has 0 aliphatic carbocycles. The van der Waals surface area contributed by atoms with E-state index in [0.717, 1.165) is 0 Å². The first-order chi connectivity index (χ1) is 2.27. The average Bonchev–Trinajstić information content (AvgIpc) is 1.38. The molecule has 0 aromatic heterocycles. The Bertz CT molecular complexity index is 71.6. The molecule has 0 aromatic carbocycles. The molecule has 0 heterocycles. The minimum atomic E-state index is -2.31. The third-order valence-corrected chi connectivity index (χ3v) is 0.567. The van der Waals surface area contributed by atoms with Crippen LogP contribution in [0.15, 0.2) is 0 Å². The average molecular weight is 138 g/mol. The van der Waals surface area contributed by atoms with Crippen LogP contribution in [-0.2, 0) is 19.3 Å². The molecule has 0 bridgehead atoms. The van der Waals surface area contributed by atoms with Crippen LogP contribution < -0.4 is 33.8 Å². The van der Waals surface area contributed by atoms with Crippen molar-refractivity contribution < 1.29 is 38.0 Å². The molecule has 32 valence electrons. The van der Waals surface area contributed by atoms with E-state index in [-0.39, 0.29) is 29.6 Å². The predicted molar refractivity (Wildman–Crippen MR) is 17.7 cm³/mol. The van der Waals surface area contributed by atoms with E-state index in [2.05, 4.69) is 11.8 Å². The van der Waals surface area contributed by atoms with Gasteiger partial charge in [0.2, 0.25) is 0 Å². The third-order valence-electron chi connectivity index (χ3n) is 0.0630. The largest absolute Gasteiger partial charge is 1.00 e. The molecule has 0 atom stereocenters. The van der Waals surface area contributed by atoms with Crippen LogP contribution in [0.3, 0.4) is 0 Å². The van der Waals surface area contributed by atoms with Gasteiger partial charge in [-0.2, -0.15) is 0 Å². The summed E-state index contributed by atoms with van der Waals surface area (Å²) < 4.78 is 19.7. The van der Waals surface area contributed by atoms with Crippen molar-refractivity contribution >= 4 is 22.7 Å². The fourth-order valence-electron chi connectivity index (χ4n) is 0. The number of nitrogens with one attached hydrogen (secondary N) is 1. The van der Waals surface area contributed by atoms with Gasteiger partial charge in [-0.05, 0) is 11.8 Å². The molecule has 0 amide bonds. The third kappa shape index (κ3) is 8.96. The summed E-state index contributed by atoms with van der Waals surface area (Å²) >= 11 is 4.47. The summed E-state index contributed by atoms with van der Waals surface area (Å²) in [7, 11) is -2.31. The zero-order chi connectivity index (χ0) is 4.28. The van der Waals surface area contributed by atoms with Gasteiger partial charge in [-0.15, -0.1) is 0 Å². The summed E-state index contributed by atoms with van der Waals surface area (Å²) in [6.45, 7) is 0. The van der Waals surface area contributed by atoms with E-state index in [4.69, 9.17) is 8.42 Å². The van der Waals surface area contributed by atoms with Gasteiger partial charge >= 0.3 is 29.6 Å². The van der Waals surface area contributed by atoms with Gasteiger partial charge in [0.05, 0.1) is 0 Å². The van der Waals surface area contributed by atoms with Gasteiger partial charge in [-0.1, -0.05) is 0 Å². The van der Waals surface area contributed by atoms with Crippen molar-refractivity contribution in [3.8, 4) is 0 Å². The van der Waals surface area contributed by atoms with Crippen molar-refractivity contribution in [2.24, 2.45) is 0 Å². The zero-order valence-corrected chi connectivity index (χ0v) is 6.68. The topological polar surface area (TPSA) is 46.2 Å². The van der Waals surface area contributed by atoms with Gasteiger partial charge in [0.15, 0.2) is 0 Å². The molecule has 6 heavy (non-hydrogen) atoms. The number of halogens is 1. The Morgan fingerprint density at radius 3 is 1.67 bits per heavy atom. The first-order valence-electron chi connectivity index (χ1n) is 0.726. The standard InChI is InChI=1S/ClHNO2S.Na/c1-2-5(3)4;/h(H,2,3,4);/q-1;+1. The molecule has 0 saturated heterocycles. The fraction of sp³-hybridized carbons (Fsp3) is 0. The van der Waals surface area contributed by atoms with Crippen molar-refractivity contribution in [1.29, 1.82) is 0 Å². The molecule has 3 nitrogen and oxygen atoms in total. The summed E-state index contributed by atoms with van der Waals surface area (Å²) in [4.78, 5) is 0. The first-order valence-corrected chi connectivity index (χ1v) is 2.18. The van der Waals surface area contributed by atoms with Gasteiger partial charge in [0.25, 0.3) is 0 Å². The Labute approximate surface area is 64.5 Å². The normalized spacial score (nSPS) is 7.67. The van der Waals surface area contributed by atoms with E-state index in [0.29, 0.717) is 0 Å². The van der Waals surface area contributed by atoms with Gasteiger partial charge in [0.1, 0.15) is 0 Å². The SMILES string of the molecule is O=[S-](=O)NCl.[Na+]. The maximum absolute atomic E-state index is 9.12. The number of rotatable bonds is 1. The number of hydrogen-bond donors (Lipinski definition) is 1. The smallest absolute Gasteiger partial charge is 0.408 e. The quantitative estimate of drug-likeness (QED) is 0.237. The van der Waals surface area contributed by atoms with Crippen molar-refractivity contribution in [1.82, 2.24) is 4.24 Å². The van der Waals surface area contributed by atoms with Crippen LogP contribution >= 0.6 is 11.8 Å². The molecular weight excluding hydrogens is 137 g/mol. The molecule has 0 rings (SSSR count). The minimum absolute atomic E-state index is 0. The molecule has 0 unspecified atom stereocenters. The Morgan fingerprint density at radius 1 is 1.50 bits per heavy atom. The minimum Gasteiger partial charge on any atom is -0.408 e. The zero-order valence-electron chi connectivity index (χ0n) is 3.10. The molecule has 0 aromatic rings. The van der Waals surface area contributed by atoms with Crippen LogP contribution in [0.1, 0.15) is 0 Å². The first kappa shape index (κ1) is 10.2. The van der Waals surface area contributed by atoms with E-state index in [1.165, 1.54) is 4.24 Å². The second kappa shape index (κ2) is 6.20. The Kier molecular flexibility index (Phi) is 10.6. The van der Waals surface area contributed by atoms with Gasteiger partial charge in [-0.3, -0.25) is 4.24 Å². The molecule has 0 fully saturated rings. The Morgan fingerprint density at radius 2 is 1.67 bits per heavy atom. The summed E-state index contributed by atoms with van der Waals surface area (Å²) in [6, 6.07) is 0.